The molecule has 0 saturated carbocycles. The van der Waals surface area contributed by atoms with Crippen molar-refractivity contribution in [3.8, 4) is 0 Å². The van der Waals surface area contributed by atoms with Gasteiger partial charge < -0.3 is 9.47 Å². The molecule has 0 N–H and O–H groups in total. The van der Waals surface area contributed by atoms with Crippen molar-refractivity contribution in [3.05, 3.63) is 6.61 Å². The summed E-state index contributed by atoms with van der Waals surface area (Å²) in [6, 6.07) is 0. The zero-order valence-corrected chi connectivity index (χ0v) is 10.0. The summed E-state index contributed by atoms with van der Waals surface area (Å²) >= 11 is 0. The number of hydrogen-bond donors (Lipinski definition) is 0. The molecule has 0 unspecified atom stereocenters. The monoisotopic (exact) mass is 234 g/mol. The predicted octanol–water partition coefficient (Wildman–Crippen LogP) is 0.991. The zero-order valence-electron chi connectivity index (χ0n) is 7.16. The van der Waals surface area contributed by atoms with Crippen molar-refractivity contribution in [3.63, 3.8) is 0 Å². The van der Waals surface area contributed by atoms with Crippen LogP contribution in [0, 0.1) is 12.5 Å². The van der Waals surface area contributed by atoms with Crippen molar-refractivity contribution in [2.75, 3.05) is 13.7 Å². The first kappa shape index (κ1) is 14.1. The van der Waals surface area contributed by atoms with Crippen LogP contribution in [0.3, 0.4) is 0 Å². The van der Waals surface area contributed by atoms with Gasteiger partial charge in [-0.25, -0.2) is 0 Å². The average Bonchev–Trinajstić information content (AvgIpc) is 1.85. The van der Waals surface area contributed by atoms with Crippen molar-refractivity contribution in [1.29, 1.82) is 0 Å². The molecule has 0 aliphatic heterocycles. The minimum Gasteiger partial charge on any atom is -0.635 e. The molecule has 0 heterocycles. The van der Waals surface area contributed by atoms with Crippen LogP contribution in [0.4, 0.5) is 0 Å². The number of methoxy groups -OCH3 is 1. The van der Waals surface area contributed by atoms with Gasteiger partial charge in [0.25, 0.3) is 0 Å². The summed E-state index contributed by atoms with van der Waals surface area (Å²) in [7, 11) is 1.45. The van der Waals surface area contributed by atoms with E-state index in [1.807, 2.05) is 13.8 Å². The van der Waals surface area contributed by atoms with E-state index in [-0.39, 0.29) is 51.2 Å². The fourth-order valence-electron chi connectivity index (χ4n) is 0.364. The number of rotatable bonds is 4. The molecule has 0 aromatic rings. The second-order valence-electron chi connectivity index (χ2n) is 2.30. The third-order valence-electron chi connectivity index (χ3n) is 0.734. The molecular weight excluding hydrogens is 221 g/mol. The van der Waals surface area contributed by atoms with Gasteiger partial charge in [0.2, 0.25) is 0 Å². The first-order chi connectivity index (χ1) is 4.66. The second-order valence-corrected chi connectivity index (χ2v) is 2.30. The summed E-state index contributed by atoms with van der Waals surface area (Å²) in [5.74, 6) is -0.0861. The van der Waals surface area contributed by atoms with Gasteiger partial charge in [0, 0.05) is 39.8 Å². The van der Waals surface area contributed by atoms with Crippen LogP contribution in [0.15, 0.2) is 0 Å². The molecule has 0 rings (SSSR count). The Bertz CT molecular complexity index is 104. The standard InChI is InChI=1S/C7H13O3.Y/c1-6(2)4-10-7(8)5-9-3;/h4,6H,5H2,1-3H3;/q-1;. The van der Waals surface area contributed by atoms with E-state index in [1.165, 1.54) is 13.7 Å². The first-order valence-corrected chi connectivity index (χ1v) is 3.18. The third-order valence-corrected chi connectivity index (χ3v) is 0.734. The van der Waals surface area contributed by atoms with E-state index in [0.29, 0.717) is 0 Å². The Kier molecular flexibility index (Phi) is 11.0. The summed E-state index contributed by atoms with van der Waals surface area (Å²) in [5, 5.41) is 0. The van der Waals surface area contributed by atoms with Gasteiger partial charge in [-0.15, -0.1) is 5.92 Å². The first-order valence-electron chi connectivity index (χ1n) is 3.18. The smallest absolute Gasteiger partial charge is 0.300 e. The molecule has 0 aliphatic rings. The van der Waals surface area contributed by atoms with Gasteiger partial charge in [0.05, 0.1) is 0 Å². The Morgan fingerprint density at radius 2 is 2.09 bits per heavy atom. The molecule has 4 heteroatoms. The van der Waals surface area contributed by atoms with E-state index in [2.05, 4.69) is 9.47 Å². The van der Waals surface area contributed by atoms with Crippen LogP contribution in [-0.2, 0) is 47.0 Å². The van der Waals surface area contributed by atoms with Crippen molar-refractivity contribution in [2.45, 2.75) is 13.8 Å². The van der Waals surface area contributed by atoms with E-state index >= 15 is 0 Å². The Hall–Kier alpha value is 0.534. The van der Waals surface area contributed by atoms with Crippen LogP contribution in [0.1, 0.15) is 13.8 Å². The Balaban J connectivity index is 0. The van der Waals surface area contributed by atoms with Crippen molar-refractivity contribution < 1.29 is 47.0 Å². The van der Waals surface area contributed by atoms with E-state index in [0.717, 1.165) is 0 Å². The molecule has 0 spiro atoms. The van der Waals surface area contributed by atoms with Crippen LogP contribution in [0.5, 0.6) is 0 Å². The Morgan fingerprint density at radius 1 is 1.55 bits per heavy atom. The van der Waals surface area contributed by atoms with E-state index in [1.54, 1.807) is 0 Å². The molecule has 0 fully saturated rings. The fourth-order valence-corrected chi connectivity index (χ4v) is 0.364. The molecule has 11 heavy (non-hydrogen) atoms. The molecule has 1 radical (unpaired) electrons. The van der Waals surface area contributed by atoms with Crippen LogP contribution >= 0.6 is 0 Å². The van der Waals surface area contributed by atoms with Crippen molar-refractivity contribution in [2.24, 2.45) is 5.92 Å². The van der Waals surface area contributed by atoms with E-state index < -0.39 is 0 Å². The number of carbonyl (C=O) groups is 1. The molecule has 0 aliphatic carbocycles. The fraction of sp³-hybridized carbons (Fsp3) is 0.714. The molecule has 0 atom stereocenters. The quantitative estimate of drug-likeness (QED) is 0.537. The van der Waals surface area contributed by atoms with E-state index in [4.69, 9.17) is 0 Å². The van der Waals surface area contributed by atoms with Gasteiger partial charge >= 0.3 is 5.97 Å². The van der Waals surface area contributed by atoms with Crippen LogP contribution < -0.4 is 0 Å². The molecule has 0 aromatic heterocycles. The van der Waals surface area contributed by atoms with Crippen LogP contribution in [-0.4, -0.2) is 19.7 Å². The zero-order chi connectivity index (χ0) is 7.98. The minimum atomic E-state index is -0.351. The Morgan fingerprint density at radius 3 is 2.45 bits per heavy atom. The third kappa shape index (κ3) is 10.5. The number of ether oxygens (including phenoxy) is 2. The maximum absolute atomic E-state index is 10.6. The summed E-state index contributed by atoms with van der Waals surface area (Å²) in [6.45, 7) is 5.37. The SMILES string of the molecule is COCC(=O)O[CH-]C(C)C.[Y]. The summed E-state index contributed by atoms with van der Waals surface area (Å²) < 4.78 is 9.20. The van der Waals surface area contributed by atoms with Crippen molar-refractivity contribution in [1.82, 2.24) is 0 Å². The molecule has 63 valence electrons. The summed E-state index contributed by atoms with van der Waals surface area (Å²) in [5.41, 5.74) is 0. The van der Waals surface area contributed by atoms with Gasteiger partial charge in [0.15, 0.2) is 0 Å². The van der Waals surface area contributed by atoms with Crippen LogP contribution in [0.2, 0.25) is 0 Å². The van der Waals surface area contributed by atoms with Gasteiger partial charge in [-0.2, -0.15) is 6.61 Å². The molecule has 0 saturated heterocycles. The molecule has 0 bridgehead atoms. The van der Waals surface area contributed by atoms with Crippen LogP contribution in [0.25, 0.3) is 0 Å². The van der Waals surface area contributed by atoms with Gasteiger partial charge in [-0.1, -0.05) is 13.8 Å². The molecule has 0 amide bonds. The number of carbonyl (C=O) groups excluding carboxylic acids is 1. The van der Waals surface area contributed by atoms with Gasteiger partial charge in [-0.3, -0.25) is 4.79 Å². The largest absolute Gasteiger partial charge is 0.635 e. The minimum absolute atomic E-state index is 0. The molecular formula is C7H13O3Y-. The molecule has 0 aromatic carbocycles. The molecule has 3 nitrogen and oxygen atoms in total. The number of esters is 1. The summed E-state index contributed by atoms with van der Waals surface area (Å²) in [6.07, 6.45) is 0. The topological polar surface area (TPSA) is 35.5 Å². The average molecular weight is 234 g/mol. The summed E-state index contributed by atoms with van der Waals surface area (Å²) in [4.78, 5) is 10.6. The van der Waals surface area contributed by atoms with Gasteiger partial charge in [0.1, 0.15) is 6.61 Å². The second kappa shape index (κ2) is 8.63. The van der Waals surface area contributed by atoms with Crippen molar-refractivity contribution >= 4 is 5.97 Å². The van der Waals surface area contributed by atoms with Gasteiger partial charge in [-0.05, 0) is 0 Å². The number of hydrogen-bond acceptors (Lipinski definition) is 3. The van der Waals surface area contributed by atoms with E-state index in [9.17, 15) is 4.79 Å². The maximum Gasteiger partial charge on any atom is 0.300 e. The maximum atomic E-state index is 10.6. The normalized spacial score (nSPS) is 9.09. The Labute approximate surface area is 92.7 Å². The predicted molar refractivity (Wildman–Crippen MR) is 37.1 cm³/mol.